The summed E-state index contributed by atoms with van der Waals surface area (Å²) < 4.78 is 16.5. The molecule has 3 aromatic heterocycles. The van der Waals surface area contributed by atoms with Gasteiger partial charge < -0.3 is 13.5 Å². The highest BCUT2D eigenvalue weighted by Gasteiger charge is 2.24. The molecule has 0 saturated carbocycles. The number of aromatic nitrogens is 3. The summed E-state index contributed by atoms with van der Waals surface area (Å²) >= 11 is 0. The minimum Gasteiger partial charge on any atom is -0.441 e. The fourth-order valence-electron chi connectivity index (χ4n) is 3.27. The van der Waals surface area contributed by atoms with Gasteiger partial charge in [-0.05, 0) is 45.4 Å². The second-order valence-electron chi connectivity index (χ2n) is 5.97. The maximum atomic E-state index is 5.72. The molecular formula is C18H17N3O3. The van der Waals surface area contributed by atoms with Gasteiger partial charge in [-0.3, -0.25) is 0 Å². The largest absolute Gasteiger partial charge is 0.441 e. The molecule has 0 bridgehead atoms. The van der Waals surface area contributed by atoms with Crippen LogP contribution in [-0.4, -0.2) is 15.3 Å². The van der Waals surface area contributed by atoms with Crippen LogP contribution in [-0.2, 0) is 0 Å². The molecule has 0 spiro atoms. The Bertz CT molecular complexity index is 1030. The van der Waals surface area contributed by atoms with Gasteiger partial charge in [0.15, 0.2) is 11.5 Å². The van der Waals surface area contributed by atoms with Gasteiger partial charge >= 0.3 is 0 Å². The first-order valence-electron chi connectivity index (χ1n) is 7.74. The number of hydrogen-bond acceptors (Lipinski definition) is 6. The van der Waals surface area contributed by atoms with E-state index in [1.807, 2.05) is 46.8 Å². The number of nitrogens with zero attached hydrogens (tertiary/aromatic N) is 3. The molecule has 0 unspecified atom stereocenters. The Labute approximate surface area is 138 Å². The first-order valence-corrected chi connectivity index (χ1v) is 7.74. The van der Waals surface area contributed by atoms with Crippen LogP contribution in [0.15, 0.2) is 25.6 Å². The van der Waals surface area contributed by atoms with Gasteiger partial charge in [0, 0.05) is 18.1 Å². The summed E-state index contributed by atoms with van der Waals surface area (Å²) in [6.07, 6.45) is 0. The van der Waals surface area contributed by atoms with E-state index in [1.54, 1.807) is 0 Å². The van der Waals surface area contributed by atoms with Crippen molar-refractivity contribution in [2.24, 2.45) is 0 Å². The summed E-state index contributed by atoms with van der Waals surface area (Å²) in [6.45, 7) is 9.51. The highest BCUT2D eigenvalue weighted by Crippen LogP contribution is 2.42. The molecule has 24 heavy (non-hydrogen) atoms. The van der Waals surface area contributed by atoms with E-state index < -0.39 is 0 Å². The molecule has 1 aromatic carbocycles. The van der Waals surface area contributed by atoms with Gasteiger partial charge in [0.2, 0.25) is 0 Å². The van der Waals surface area contributed by atoms with Gasteiger partial charge in [-0.2, -0.15) is 0 Å². The van der Waals surface area contributed by atoms with Gasteiger partial charge in [0.05, 0.1) is 17.0 Å². The summed E-state index contributed by atoms with van der Waals surface area (Å²) in [6, 6.07) is 3.94. The lowest BCUT2D eigenvalue weighted by Gasteiger charge is -2.10. The fourth-order valence-corrected chi connectivity index (χ4v) is 3.27. The molecule has 6 nitrogen and oxygen atoms in total. The fraction of sp³-hybridized carbons (Fsp3) is 0.278. The van der Waals surface area contributed by atoms with E-state index in [-0.39, 0.29) is 0 Å². The molecule has 0 N–H and O–H groups in total. The van der Waals surface area contributed by atoms with Crippen LogP contribution in [0.5, 0.6) is 0 Å². The van der Waals surface area contributed by atoms with Crippen molar-refractivity contribution < 1.29 is 13.5 Å². The molecule has 0 aliphatic carbocycles. The Kier molecular flexibility index (Phi) is 3.09. The summed E-state index contributed by atoms with van der Waals surface area (Å²) in [5, 5.41) is 8.19. The SMILES string of the molecule is Cc1nc2c(-c3c(C)noc3C)c(-c3c(C)noc3C)ccc2o1. The standard InChI is InChI=1S/C18H17N3O3/c1-8-15(10(3)23-20-8)13-6-7-14-18(19-12(5)22-14)17(13)16-9(2)21-24-11(16)4/h6-7H,1-5H3. The van der Waals surface area contributed by atoms with E-state index in [1.165, 1.54) is 0 Å². The predicted molar refractivity (Wildman–Crippen MR) is 88.7 cm³/mol. The Morgan fingerprint density at radius 1 is 0.750 bits per heavy atom. The maximum Gasteiger partial charge on any atom is 0.192 e. The zero-order valence-corrected chi connectivity index (χ0v) is 14.2. The molecule has 0 aliphatic heterocycles. The number of benzene rings is 1. The van der Waals surface area contributed by atoms with Crippen LogP contribution >= 0.6 is 0 Å². The van der Waals surface area contributed by atoms with E-state index in [9.17, 15) is 0 Å². The molecule has 6 heteroatoms. The Hall–Kier alpha value is -2.89. The zero-order valence-electron chi connectivity index (χ0n) is 14.2. The molecule has 0 fully saturated rings. The number of hydrogen-bond donors (Lipinski definition) is 0. The number of fused-ring (bicyclic) bond motifs is 1. The van der Waals surface area contributed by atoms with Crippen LogP contribution in [0.4, 0.5) is 0 Å². The molecule has 0 atom stereocenters. The number of rotatable bonds is 2. The molecule has 122 valence electrons. The normalized spacial score (nSPS) is 11.5. The van der Waals surface area contributed by atoms with Crippen molar-refractivity contribution in [2.45, 2.75) is 34.6 Å². The van der Waals surface area contributed by atoms with Crippen molar-refractivity contribution in [1.29, 1.82) is 0 Å². The molecule has 0 saturated heterocycles. The van der Waals surface area contributed by atoms with Gasteiger partial charge in [-0.25, -0.2) is 4.98 Å². The van der Waals surface area contributed by atoms with Crippen molar-refractivity contribution in [1.82, 2.24) is 15.3 Å². The lowest BCUT2D eigenvalue weighted by molar-refractivity contribution is 0.393. The van der Waals surface area contributed by atoms with Crippen LogP contribution < -0.4 is 0 Å². The van der Waals surface area contributed by atoms with Gasteiger partial charge in [0.1, 0.15) is 17.0 Å². The Morgan fingerprint density at radius 2 is 1.38 bits per heavy atom. The van der Waals surface area contributed by atoms with Gasteiger partial charge in [0.25, 0.3) is 0 Å². The van der Waals surface area contributed by atoms with Crippen molar-refractivity contribution in [3.63, 3.8) is 0 Å². The second kappa shape index (κ2) is 5.06. The van der Waals surface area contributed by atoms with E-state index in [2.05, 4.69) is 15.3 Å². The molecular weight excluding hydrogens is 306 g/mol. The monoisotopic (exact) mass is 323 g/mol. The van der Waals surface area contributed by atoms with Crippen molar-refractivity contribution in [2.75, 3.05) is 0 Å². The average molecular weight is 323 g/mol. The van der Waals surface area contributed by atoms with E-state index >= 15 is 0 Å². The number of oxazole rings is 1. The summed E-state index contributed by atoms with van der Waals surface area (Å²) in [4.78, 5) is 4.59. The van der Waals surface area contributed by atoms with E-state index in [0.717, 1.165) is 56.3 Å². The zero-order chi connectivity index (χ0) is 17.0. The van der Waals surface area contributed by atoms with Crippen LogP contribution in [0, 0.1) is 34.6 Å². The highest BCUT2D eigenvalue weighted by atomic mass is 16.5. The molecule has 0 amide bonds. The first kappa shape index (κ1) is 14.7. The lowest BCUT2D eigenvalue weighted by atomic mass is 9.91. The highest BCUT2D eigenvalue weighted by molar-refractivity contribution is 6.01. The summed E-state index contributed by atoms with van der Waals surface area (Å²) in [5.41, 5.74) is 7.00. The summed E-state index contributed by atoms with van der Waals surface area (Å²) in [5.74, 6) is 2.13. The van der Waals surface area contributed by atoms with E-state index in [0.29, 0.717) is 5.89 Å². The van der Waals surface area contributed by atoms with Gasteiger partial charge in [-0.15, -0.1) is 0 Å². The van der Waals surface area contributed by atoms with Crippen molar-refractivity contribution >= 4 is 11.1 Å². The van der Waals surface area contributed by atoms with Crippen LogP contribution in [0.2, 0.25) is 0 Å². The smallest absolute Gasteiger partial charge is 0.192 e. The quantitative estimate of drug-likeness (QED) is 0.533. The van der Waals surface area contributed by atoms with Crippen molar-refractivity contribution in [3.05, 3.63) is 40.9 Å². The third-order valence-corrected chi connectivity index (χ3v) is 4.25. The van der Waals surface area contributed by atoms with Crippen molar-refractivity contribution in [3.8, 4) is 22.3 Å². The predicted octanol–water partition coefficient (Wildman–Crippen LogP) is 4.68. The molecule has 0 aliphatic rings. The summed E-state index contributed by atoms with van der Waals surface area (Å²) in [7, 11) is 0. The van der Waals surface area contributed by atoms with Crippen LogP contribution in [0.25, 0.3) is 33.4 Å². The third kappa shape index (κ3) is 1.99. The Morgan fingerprint density at radius 3 is 1.96 bits per heavy atom. The minimum atomic E-state index is 0.619. The number of aryl methyl sites for hydroxylation is 5. The lowest BCUT2D eigenvalue weighted by Crippen LogP contribution is -1.92. The Balaban J connectivity index is 2.17. The van der Waals surface area contributed by atoms with Crippen LogP contribution in [0.3, 0.4) is 0 Å². The first-order chi connectivity index (χ1) is 11.5. The van der Waals surface area contributed by atoms with E-state index in [4.69, 9.17) is 13.5 Å². The second-order valence-corrected chi connectivity index (χ2v) is 5.97. The van der Waals surface area contributed by atoms with Gasteiger partial charge in [-0.1, -0.05) is 10.3 Å². The molecule has 4 rings (SSSR count). The minimum absolute atomic E-state index is 0.619. The maximum absolute atomic E-state index is 5.72. The van der Waals surface area contributed by atoms with Crippen LogP contribution in [0.1, 0.15) is 28.8 Å². The molecule has 0 radical (unpaired) electrons. The molecule has 3 heterocycles. The average Bonchev–Trinajstić information content (AvgIpc) is 3.17. The topological polar surface area (TPSA) is 78.1 Å². The molecule has 4 aromatic rings. The third-order valence-electron chi connectivity index (χ3n) is 4.25.